The molecule has 0 fully saturated rings. The summed E-state index contributed by atoms with van der Waals surface area (Å²) < 4.78 is 11.9. The number of halogens is 1. The van der Waals surface area contributed by atoms with E-state index in [9.17, 15) is 9.18 Å². The van der Waals surface area contributed by atoms with Gasteiger partial charge in [-0.05, 0) is 6.92 Å². The number of hydrogen-bond donors (Lipinski definition) is 0. The highest BCUT2D eigenvalue weighted by molar-refractivity contribution is 5.53. The largest absolute Gasteiger partial charge is 0.303 e. The normalized spacial score (nSPS) is 18.1. The van der Waals surface area contributed by atoms with Crippen LogP contribution in [0.5, 0.6) is 0 Å². The van der Waals surface area contributed by atoms with Gasteiger partial charge in [0.05, 0.1) is 0 Å². The van der Waals surface area contributed by atoms with Crippen LogP contribution in [0.4, 0.5) is 4.39 Å². The molecule has 2 atom stereocenters. The van der Waals surface area contributed by atoms with Crippen molar-refractivity contribution < 1.29 is 9.18 Å². The van der Waals surface area contributed by atoms with Gasteiger partial charge in [0, 0.05) is 5.92 Å². The van der Waals surface area contributed by atoms with Gasteiger partial charge in [-0.3, -0.25) is 0 Å². The van der Waals surface area contributed by atoms with E-state index in [4.69, 9.17) is 0 Å². The Kier molecular flexibility index (Phi) is 2.56. The second kappa shape index (κ2) is 2.72. The van der Waals surface area contributed by atoms with Crippen LogP contribution in [-0.4, -0.2) is 12.5 Å². The van der Waals surface area contributed by atoms with Crippen LogP contribution in [0.15, 0.2) is 0 Å². The fourth-order valence-corrected chi connectivity index (χ4v) is 0.108. The molecule has 2 heteroatoms. The molecule has 0 aliphatic carbocycles. The summed E-state index contributed by atoms with van der Waals surface area (Å²) in [7, 11) is 0. The molecule has 0 saturated heterocycles. The number of carbonyl (C=O) groups is 1. The molecule has 1 unspecified atom stereocenters. The minimum absolute atomic E-state index is 0.444. The highest BCUT2D eigenvalue weighted by atomic mass is 19.1. The SMILES string of the molecule is CC(F)[C@H](C)C=O. The Morgan fingerprint density at radius 1 is 1.57 bits per heavy atom. The van der Waals surface area contributed by atoms with E-state index in [2.05, 4.69) is 0 Å². The lowest BCUT2D eigenvalue weighted by Crippen LogP contribution is -2.08. The maximum Gasteiger partial charge on any atom is 0.125 e. The van der Waals surface area contributed by atoms with Crippen molar-refractivity contribution in [1.29, 1.82) is 0 Å². The van der Waals surface area contributed by atoms with Crippen molar-refractivity contribution >= 4 is 6.29 Å². The Morgan fingerprint density at radius 3 is 2.00 bits per heavy atom. The van der Waals surface area contributed by atoms with Gasteiger partial charge >= 0.3 is 0 Å². The zero-order chi connectivity index (χ0) is 5.86. The minimum atomic E-state index is -1.00. The van der Waals surface area contributed by atoms with Crippen molar-refractivity contribution in [2.45, 2.75) is 20.0 Å². The second-order valence-electron chi connectivity index (χ2n) is 1.67. The lowest BCUT2D eigenvalue weighted by Gasteiger charge is -2.00. The molecule has 0 heterocycles. The zero-order valence-corrected chi connectivity index (χ0v) is 4.52. The van der Waals surface area contributed by atoms with Crippen LogP contribution >= 0.6 is 0 Å². The smallest absolute Gasteiger partial charge is 0.125 e. The molecular weight excluding hydrogens is 95.1 g/mol. The molecule has 0 aromatic rings. The molecule has 0 saturated carbocycles. The number of carbonyl (C=O) groups excluding carboxylic acids is 1. The summed E-state index contributed by atoms with van der Waals surface area (Å²) in [6.07, 6.45) is -0.387. The van der Waals surface area contributed by atoms with Crippen LogP contribution in [0.3, 0.4) is 0 Å². The number of rotatable bonds is 2. The number of hydrogen-bond acceptors (Lipinski definition) is 1. The van der Waals surface area contributed by atoms with Crippen LogP contribution in [0.2, 0.25) is 0 Å². The first-order valence-electron chi connectivity index (χ1n) is 2.28. The van der Waals surface area contributed by atoms with Crippen molar-refractivity contribution in [3.63, 3.8) is 0 Å². The summed E-state index contributed by atoms with van der Waals surface area (Å²) >= 11 is 0. The molecule has 0 spiro atoms. The van der Waals surface area contributed by atoms with E-state index in [1.165, 1.54) is 6.92 Å². The van der Waals surface area contributed by atoms with Crippen LogP contribution in [0.1, 0.15) is 13.8 Å². The van der Waals surface area contributed by atoms with Gasteiger partial charge in [0.1, 0.15) is 12.5 Å². The van der Waals surface area contributed by atoms with Gasteiger partial charge in [0.2, 0.25) is 0 Å². The lowest BCUT2D eigenvalue weighted by atomic mass is 10.1. The average molecular weight is 104 g/mol. The van der Waals surface area contributed by atoms with Gasteiger partial charge in [0.15, 0.2) is 0 Å². The second-order valence-corrected chi connectivity index (χ2v) is 1.67. The Morgan fingerprint density at radius 2 is 2.00 bits per heavy atom. The Hall–Kier alpha value is -0.400. The van der Waals surface area contributed by atoms with Gasteiger partial charge in [-0.25, -0.2) is 4.39 Å². The zero-order valence-electron chi connectivity index (χ0n) is 4.52. The standard InChI is InChI=1S/C5H9FO/c1-4(3-7)5(2)6/h3-5H,1-2H3/t4-,5?/m1/s1. The first-order chi connectivity index (χ1) is 3.18. The quantitative estimate of drug-likeness (QED) is 0.481. The van der Waals surface area contributed by atoms with Gasteiger partial charge in [-0.2, -0.15) is 0 Å². The number of aldehydes is 1. The van der Waals surface area contributed by atoms with Gasteiger partial charge < -0.3 is 4.79 Å². The highest BCUT2D eigenvalue weighted by Gasteiger charge is 2.06. The van der Waals surface area contributed by atoms with Crippen molar-refractivity contribution in [3.8, 4) is 0 Å². The molecule has 0 radical (unpaired) electrons. The van der Waals surface area contributed by atoms with E-state index in [1.807, 2.05) is 0 Å². The lowest BCUT2D eigenvalue weighted by molar-refractivity contribution is -0.112. The maximum atomic E-state index is 11.9. The summed E-state index contributed by atoms with van der Waals surface area (Å²) in [5, 5.41) is 0. The predicted molar refractivity (Wildman–Crippen MR) is 25.8 cm³/mol. The molecule has 1 nitrogen and oxygen atoms in total. The van der Waals surface area contributed by atoms with Crippen LogP contribution in [0.25, 0.3) is 0 Å². The molecule has 0 bridgehead atoms. The maximum absolute atomic E-state index is 11.9. The molecule has 0 aromatic heterocycles. The minimum Gasteiger partial charge on any atom is -0.303 e. The topological polar surface area (TPSA) is 17.1 Å². The van der Waals surface area contributed by atoms with Gasteiger partial charge in [0.25, 0.3) is 0 Å². The van der Waals surface area contributed by atoms with Crippen molar-refractivity contribution in [1.82, 2.24) is 0 Å². The third kappa shape index (κ3) is 2.31. The molecule has 42 valence electrons. The Bertz CT molecular complexity index is 61.1. The Labute approximate surface area is 42.5 Å². The monoisotopic (exact) mass is 104 g/mol. The summed E-state index contributed by atoms with van der Waals surface area (Å²) in [5.41, 5.74) is 0. The highest BCUT2D eigenvalue weighted by Crippen LogP contribution is 2.00. The van der Waals surface area contributed by atoms with Crippen molar-refractivity contribution in [3.05, 3.63) is 0 Å². The summed E-state index contributed by atoms with van der Waals surface area (Å²) in [6.45, 7) is 2.93. The average Bonchev–Trinajstić information content (AvgIpc) is 1.65. The summed E-state index contributed by atoms with van der Waals surface area (Å²) in [6, 6.07) is 0. The van der Waals surface area contributed by atoms with Gasteiger partial charge in [-0.15, -0.1) is 0 Å². The molecule has 0 amide bonds. The fourth-order valence-electron chi connectivity index (χ4n) is 0.108. The summed E-state index contributed by atoms with van der Waals surface area (Å²) in [5.74, 6) is -0.444. The van der Waals surface area contributed by atoms with E-state index < -0.39 is 12.1 Å². The van der Waals surface area contributed by atoms with Crippen molar-refractivity contribution in [2.24, 2.45) is 5.92 Å². The molecule has 0 aliphatic heterocycles. The van der Waals surface area contributed by atoms with E-state index in [-0.39, 0.29) is 0 Å². The predicted octanol–water partition coefficient (Wildman–Crippen LogP) is 1.18. The molecule has 0 aromatic carbocycles. The third-order valence-electron chi connectivity index (χ3n) is 0.939. The van der Waals surface area contributed by atoms with E-state index in [0.29, 0.717) is 6.29 Å². The molecular formula is C5H9FO. The van der Waals surface area contributed by atoms with Crippen molar-refractivity contribution in [2.75, 3.05) is 0 Å². The summed E-state index contributed by atoms with van der Waals surface area (Å²) in [4.78, 5) is 9.71. The molecule has 0 rings (SSSR count). The molecule has 0 aliphatic rings. The molecule has 0 N–H and O–H groups in total. The first kappa shape index (κ1) is 6.60. The molecule has 7 heavy (non-hydrogen) atoms. The van der Waals surface area contributed by atoms with E-state index in [1.54, 1.807) is 6.92 Å². The van der Waals surface area contributed by atoms with Crippen LogP contribution in [-0.2, 0) is 4.79 Å². The van der Waals surface area contributed by atoms with Crippen LogP contribution in [0, 0.1) is 5.92 Å². The van der Waals surface area contributed by atoms with E-state index in [0.717, 1.165) is 0 Å². The first-order valence-corrected chi connectivity index (χ1v) is 2.28. The Balaban J connectivity index is 3.33. The van der Waals surface area contributed by atoms with Crippen LogP contribution < -0.4 is 0 Å². The fraction of sp³-hybridized carbons (Fsp3) is 0.800. The van der Waals surface area contributed by atoms with E-state index >= 15 is 0 Å². The number of alkyl halides is 1. The third-order valence-corrected chi connectivity index (χ3v) is 0.939. The van der Waals surface area contributed by atoms with Gasteiger partial charge in [-0.1, -0.05) is 6.92 Å².